The topological polar surface area (TPSA) is 49.2 Å². The minimum atomic E-state index is -0.447. The molecule has 5 nitrogen and oxygen atoms in total. The predicted octanol–water partition coefficient (Wildman–Crippen LogP) is 3.03. The van der Waals surface area contributed by atoms with Gasteiger partial charge in [-0.3, -0.25) is 4.98 Å². The van der Waals surface area contributed by atoms with Crippen LogP contribution in [0.4, 0.5) is 0 Å². The van der Waals surface area contributed by atoms with Gasteiger partial charge in [0.1, 0.15) is 0 Å². The fourth-order valence-electron chi connectivity index (χ4n) is 3.01. The standard InChI is InChI=1S/C19H22BN3O2/c1-13-6-8-14(9-7-13)23-17-12-21-11-16(15(17)10-22-23)20-24-18(2,3)19(4,5)25-20/h6-12H,1-5H3. The van der Waals surface area contributed by atoms with Crippen LogP contribution in [0.2, 0.25) is 0 Å². The average molecular weight is 335 g/mol. The second-order valence-corrected chi connectivity index (χ2v) is 7.64. The van der Waals surface area contributed by atoms with Gasteiger partial charge in [-0.1, -0.05) is 17.7 Å². The van der Waals surface area contributed by atoms with Crippen molar-refractivity contribution in [2.45, 2.75) is 45.8 Å². The Morgan fingerprint density at radius 3 is 2.20 bits per heavy atom. The minimum absolute atomic E-state index is 0.382. The highest BCUT2D eigenvalue weighted by Gasteiger charge is 2.52. The van der Waals surface area contributed by atoms with E-state index in [1.54, 1.807) is 0 Å². The first-order valence-electron chi connectivity index (χ1n) is 8.53. The van der Waals surface area contributed by atoms with Crippen molar-refractivity contribution >= 4 is 23.5 Å². The van der Waals surface area contributed by atoms with Crippen molar-refractivity contribution in [2.75, 3.05) is 0 Å². The Balaban J connectivity index is 1.79. The molecule has 0 N–H and O–H groups in total. The van der Waals surface area contributed by atoms with E-state index >= 15 is 0 Å². The summed E-state index contributed by atoms with van der Waals surface area (Å²) >= 11 is 0. The highest BCUT2D eigenvalue weighted by atomic mass is 16.7. The number of benzene rings is 1. The minimum Gasteiger partial charge on any atom is -0.399 e. The number of hydrogen-bond donors (Lipinski definition) is 0. The van der Waals surface area contributed by atoms with Gasteiger partial charge in [0, 0.05) is 17.0 Å². The molecule has 0 unspecified atom stereocenters. The lowest BCUT2D eigenvalue weighted by Crippen LogP contribution is -2.41. The molecule has 1 aliphatic rings. The monoisotopic (exact) mass is 335 g/mol. The maximum atomic E-state index is 6.19. The lowest BCUT2D eigenvalue weighted by Gasteiger charge is -2.32. The average Bonchev–Trinajstić information content (AvgIpc) is 3.06. The summed E-state index contributed by atoms with van der Waals surface area (Å²) in [5.41, 5.74) is 3.31. The SMILES string of the molecule is Cc1ccc(-n2ncc3c(B4OC(C)(C)C(C)(C)O4)cncc32)cc1. The van der Waals surface area contributed by atoms with Crippen LogP contribution in [-0.4, -0.2) is 33.1 Å². The summed E-state index contributed by atoms with van der Waals surface area (Å²) in [7, 11) is -0.447. The third-order valence-electron chi connectivity index (χ3n) is 5.31. The molecule has 3 aromatic rings. The quantitative estimate of drug-likeness (QED) is 0.676. The van der Waals surface area contributed by atoms with Crippen molar-refractivity contribution < 1.29 is 9.31 Å². The molecular weight excluding hydrogens is 313 g/mol. The lowest BCUT2D eigenvalue weighted by molar-refractivity contribution is 0.00578. The van der Waals surface area contributed by atoms with E-state index in [2.05, 4.69) is 69.0 Å². The molecule has 0 saturated carbocycles. The van der Waals surface area contributed by atoms with Crippen molar-refractivity contribution in [3.05, 3.63) is 48.4 Å². The van der Waals surface area contributed by atoms with Gasteiger partial charge in [0.15, 0.2) is 0 Å². The largest absolute Gasteiger partial charge is 0.497 e. The second-order valence-electron chi connectivity index (χ2n) is 7.64. The maximum Gasteiger partial charge on any atom is 0.497 e. The molecule has 6 heteroatoms. The van der Waals surface area contributed by atoms with Gasteiger partial charge in [-0.15, -0.1) is 0 Å². The van der Waals surface area contributed by atoms with Crippen LogP contribution in [0.5, 0.6) is 0 Å². The summed E-state index contributed by atoms with van der Waals surface area (Å²) in [5, 5.41) is 5.56. The van der Waals surface area contributed by atoms with Crippen molar-refractivity contribution in [3.63, 3.8) is 0 Å². The molecule has 1 aliphatic heterocycles. The van der Waals surface area contributed by atoms with Crippen molar-refractivity contribution in [1.29, 1.82) is 0 Å². The molecule has 0 bridgehead atoms. The Bertz CT molecular complexity index is 915. The van der Waals surface area contributed by atoms with Gasteiger partial charge in [-0.25, -0.2) is 4.68 Å². The van der Waals surface area contributed by atoms with Gasteiger partial charge in [0.05, 0.1) is 34.8 Å². The van der Waals surface area contributed by atoms with Gasteiger partial charge in [0.25, 0.3) is 0 Å². The molecule has 0 amide bonds. The van der Waals surface area contributed by atoms with Crippen LogP contribution in [0.15, 0.2) is 42.9 Å². The zero-order chi connectivity index (χ0) is 17.8. The predicted molar refractivity (Wildman–Crippen MR) is 99.3 cm³/mol. The third-order valence-corrected chi connectivity index (χ3v) is 5.31. The van der Waals surface area contributed by atoms with E-state index in [-0.39, 0.29) is 11.2 Å². The molecule has 25 heavy (non-hydrogen) atoms. The molecule has 3 heterocycles. The van der Waals surface area contributed by atoms with E-state index < -0.39 is 7.12 Å². The van der Waals surface area contributed by atoms with E-state index in [0.29, 0.717) is 0 Å². The molecule has 2 aromatic heterocycles. The molecule has 0 radical (unpaired) electrons. The third kappa shape index (κ3) is 2.57. The Kier molecular flexibility index (Phi) is 3.53. The van der Waals surface area contributed by atoms with Gasteiger partial charge in [-0.2, -0.15) is 5.10 Å². The molecule has 1 saturated heterocycles. The first-order valence-corrected chi connectivity index (χ1v) is 8.53. The summed E-state index contributed by atoms with van der Waals surface area (Å²) in [6.07, 6.45) is 5.50. The molecular formula is C19H22BN3O2. The number of aromatic nitrogens is 3. The van der Waals surface area contributed by atoms with E-state index in [4.69, 9.17) is 9.31 Å². The molecule has 4 rings (SSSR count). The van der Waals surface area contributed by atoms with Gasteiger partial charge < -0.3 is 9.31 Å². The number of rotatable bonds is 2. The van der Waals surface area contributed by atoms with Crippen LogP contribution < -0.4 is 5.46 Å². The fourth-order valence-corrected chi connectivity index (χ4v) is 3.01. The van der Waals surface area contributed by atoms with Crippen molar-refractivity contribution in [1.82, 2.24) is 14.8 Å². The van der Waals surface area contributed by atoms with Gasteiger partial charge in [0.2, 0.25) is 0 Å². The summed E-state index contributed by atoms with van der Waals surface area (Å²) in [6.45, 7) is 10.3. The van der Waals surface area contributed by atoms with Crippen LogP contribution >= 0.6 is 0 Å². The zero-order valence-corrected chi connectivity index (χ0v) is 15.3. The molecule has 0 aliphatic carbocycles. The van der Waals surface area contributed by atoms with Crippen LogP contribution in [0.3, 0.4) is 0 Å². The van der Waals surface area contributed by atoms with Gasteiger partial charge in [-0.05, 0) is 46.8 Å². The lowest BCUT2D eigenvalue weighted by atomic mass is 9.78. The Morgan fingerprint density at radius 2 is 1.56 bits per heavy atom. The van der Waals surface area contributed by atoms with E-state index in [1.807, 2.05) is 23.3 Å². The Labute approximate surface area is 148 Å². The van der Waals surface area contributed by atoms with Crippen LogP contribution in [0.25, 0.3) is 16.6 Å². The highest BCUT2D eigenvalue weighted by molar-refractivity contribution is 6.65. The Hall–Kier alpha value is -2.18. The van der Waals surface area contributed by atoms with Crippen LogP contribution in [0, 0.1) is 6.92 Å². The number of hydrogen-bond acceptors (Lipinski definition) is 4. The first kappa shape index (κ1) is 16.3. The maximum absolute atomic E-state index is 6.19. The molecule has 128 valence electrons. The number of pyridine rings is 1. The number of nitrogens with zero attached hydrogens (tertiary/aromatic N) is 3. The number of aryl methyl sites for hydroxylation is 1. The zero-order valence-electron chi connectivity index (χ0n) is 15.3. The summed E-state index contributed by atoms with van der Waals surface area (Å²) in [6, 6.07) is 8.27. The molecule has 1 aromatic carbocycles. The number of fused-ring (bicyclic) bond motifs is 1. The van der Waals surface area contributed by atoms with Crippen molar-refractivity contribution in [2.24, 2.45) is 0 Å². The molecule has 0 spiro atoms. The van der Waals surface area contributed by atoms with Crippen LogP contribution in [-0.2, 0) is 9.31 Å². The summed E-state index contributed by atoms with van der Waals surface area (Å²) in [4.78, 5) is 4.41. The van der Waals surface area contributed by atoms with E-state index in [0.717, 1.165) is 22.1 Å². The molecule has 0 atom stereocenters. The smallest absolute Gasteiger partial charge is 0.399 e. The first-order chi connectivity index (χ1) is 11.8. The fraction of sp³-hybridized carbons (Fsp3) is 0.368. The van der Waals surface area contributed by atoms with Gasteiger partial charge >= 0.3 is 7.12 Å². The molecule has 1 fully saturated rings. The van der Waals surface area contributed by atoms with E-state index in [9.17, 15) is 0 Å². The van der Waals surface area contributed by atoms with Crippen molar-refractivity contribution in [3.8, 4) is 5.69 Å². The normalized spacial score (nSPS) is 18.8. The summed E-state index contributed by atoms with van der Waals surface area (Å²) in [5.74, 6) is 0. The van der Waals surface area contributed by atoms with E-state index in [1.165, 1.54) is 5.56 Å². The summed E-state index contributed by atoms with van der Waals surface area (Å²) < 4.78 is 14.3. The highest BCUT2D eigenvalue weighted by Crippen LogP contribution is 2.37. The second kappa shape index (κ2) is 5.41. The van der Waals surface area contributed by atoms with Crippen LogP contribution in [0.1, 0.15) is 33.3 Å². The Morgan fingerprint density at radius 1 is 0.920 bits per heavy atom.